The van der Waals surface area contributed by atoms with E-state index in [1.54, 1.807) is 18.2 Å². The molecule has 1 heterocycles. The molecule has 0 unspecified atom stereocenters. The minimum Gasteiger partial charge on any atom is -0.508 e. The number of hydrogen-bond donors (Lipinski definition) is 6. The number of ether oxygens (including phenoxy) is 4. The fourth-order valence-corrected chi connectivity index (χ4v) is 5.69. The summed E-state index contributed by atoms with van der Waals surface area (Å²) in [5, 5.41) is 52.9. The van der Waals surface area contributed by atoms with E-state index in [1.807, 2.05) is 0 Å². The zero-order chi connectivity index (χ0) is 43.3. The highest BCUT2D eigenvalue weighted by molar-refractivity contribution is 6.11. The van der Waals surface area contributed by atoms with Gasteiger partial charge in [0.2, 0.25) is 17.1 Å². The minimum absolute atomic E-state index is 0.0580. The van der Waals surface area contributed by atoms with E-state index in [9.17, 15) is 49.5 Å². The normalized spacial score (nSPS) is 11.2. The van der Waals surface area contributed by atoms with Crippen LogP contribution in [0.4, 0.5) is 0 Å². The third-order valence-corrected chi connectivity index (χ3v) is 8.55. The predicted molar refractivity (Wildman–Crippen MR) is 218 cm³/mol. The first kappa shape index (κ1) is 43.4. The van der Waals surface area contributed by atoms with E-state index in [4.69, 9.17) is 23.4 Å². The summed E-state index contributed by atoms with van der Waals surface area (Å²) in [5.41, 5.74) is 0.366. The Kier molecular flexibility index (Phi) is 14.5. The van der Waals surface area contributed by atoms with Gasteiger partial charge in [-0.2, -0.15) is 0 Å². The number of allylic oxidation sites excluding steroid dienone is 2. The first-order valence-electron chi connectivity index (χ1n) is 18.4. The van der Waals surface area contributed by atoms with Crippen LogP contribution in [0, 0.1) is 0 Å². The number of fused-ring (bicyclic) bond motifs is 1. The molecular weight excluding hydrogens is 782 g/mol. The monoisotopic (exact) mass is 823 g/mol. The van der Waals surface area contributed by atoms with E-state index in [1.165, 1.54) is 68.7 Å². The third kappa shape index (κ3) is 11.7. The second-order valence-corrected chi connectivity index (χ2v) is 13.1. The van der Waals surface area contributed by atoms with Gasteiger partial charge in [-0.15, -0.1) is 0 Å². The summed E-state index contributed by atoms with van der Waals surface area (Å²) in [6.45, 7) is 1.49. The summed E-state index contributed by atoms with van der Waals surface area (Å²) in [6.07, 6.45) is 5.73. The van der Waals surface area contributed by atoms with Crippen molar-refractivity contribution in [3.8, 4) is 63.1 Å². The number of methoxy groups -OCH3 is 1. The van der Waals surface area contributed by atoms with Crippen LogP contribution in [-0.4, -0.2) is 75.8 Å². The highest BCUT2D eigenvalue weighted by Gasteiger charge is 2.22. The average molecular weight is 824 g/mol. The van der Waals surface area contributed by atoms with Gasteiger partial charge in [0.05, 0.1) is 26.7 Å². The summed E-state index contributed by atoms with van der Waals surface area (Å²) in [4.78, 5) is 61.8. The van der Waals surface area contributed by atoms with Crippen LogP contribution in [0.2, 0.25) is 0 Å². The van der Waals surface area contributed by atoms with Crippen molar-refractivity contribution in [2.24, 2.45) is 0 Å². The number of phenolic OH excluding ortho intramolecular Hbond substituents is 5. The van der Waals surface area contributed by atoms with Gasteiger partial charge in [-0.1, -0.05) is 24.3 Å². The van der Waals surface area contributed by atoms with Crippen LogP contribution < -0.4 is 29.7 Å². The van der Waals surface area contributed by atoms with Crippen molar-refractivity contribution in [3.05, 3.63) is 100 Å². The molecule has 5 aromatic rings. The number of aromatic hydroxyl groups is 5. The van der Waals surface area contributed by atoms with Crippen LogP contribution in [0.25, 0.3) is 34.4 Å². The highest BCUT2D eigenvalue weighted by atomic mass is 16.6. The van der Waals surface area contributed by atoms with E-state index in [0.29, 0.717) is 23.3 Å². The molecule has 4 aromatic carbocycles. The number of hydrogen-bond acceptors (Lipinski definition) is 15. The molecule has 0 saturated carbocycles. The molecule has 0 fully saturated rings. The Morgan fingerprint density at radius 2 is 1.40 bits per heavy atom. The second-order valence-electron chi connectivity index (χ2n) is 13.1. The van der Waals surface area contributed by atoms with Crippen molar-refractivity contribution >= 4 is 46.6 Å². The molecule has 16 nitrogen and oxygen atoms in total. The quantitative estimate of drug-likeness (QED) is 0.0141. The summed E-state index contributed by atoms with van der Waals surface area (Å²) in [6, 6.07) is 15.1. The third-order valence-electron chi connectivity index (χ3n) is 8.55. The minimum atomic E-state index is -0.743. The number of ketones is 2. The fourth-order valence-electron chi connectivity index (χ4n) is 5.69. The van der Waals surface area contributed by atoms with Gasteiger partial charge >= 0.3 is 5.97 Å². The molecular formula is C44H41NO15. The Labute approximate surface area is 342 Å². The van der Waals surface area contributed by atoms with Crippen LogP contribution in [0.1, 0.15) is 43.7 Å². The van der Waals surface area contributed by atoms with Crippen LogP contribution in [0.5, 0.6) is 51.7 Å². The van der Waals surface area contributed by atoms with Crippen molar-refractivity contribution in [3.63, 3.8) is 0 Å². The molecule has 0 bridgehead atoms. The first-order chi connectivity index (χ1) is 28.7. The number of amides is 1. The number of carbonyl (C=O) groups excluding carboxylic acids is 4. The van der Waals surface area contributed by atoms with Gasteiger partial charge in [-0.3, -0.25) is 24.0 Å². The Hall–Kier alpha value is -7.75. The van der Waals surface area contributed by atoms with Crippen molar-refractivity contribution in [1.29, 1.82) is 0 Å². The summed E-state index contributed by atoms with van der Waals surface area (Å²) >= 11 is 0. The molecule has 16 heteroatoms. The smallest absolute Gasteiger partial charge is 0.308 e. The molecule has 1 aromatic heterocycles. The van der Waals surface area contributed by atoms with Crippen LogP contribution in [0.15, 0.2) is 88.1 Å². The topological polar surface area (TPSA) is 249 Å². The van der Waals surface area contributed by atoms with Gasteiger partial charge in [0.15, 0.2) is 51.8 Å². The lowest BCUT2D eigenvalue weighted by molar-refractivity contribution is -0.132. The fraction of sp³-hybridized carbons (Fsp3) is 0.205. The zero-order valence-corrected chi connectivity index (χ0v) is 32.4. The van der Waals surface area contributed by atoms with Gasteiger partial charge < -0.3 is 54.2 Å². The molecule has 0 aliphatic heterocycles. The highest BCUT2D eigenvalue weighted by Crippen LogP contribution is 2.38. The van der Waals surface area contributed by atoms with E-state index >= 15 is 0 Å². The van der Waals surface area contributed by atoms with Gasteiger partial charge in [-0.25, -0.2) is 0 Å². The molecule has 5 rings (SSSR count). The van der Waals surface area contributed by atoms with Crippen molar-refractivity contribution in [2.45, 2.75) is 32.6 Å². The molecule has 0 radical (unpaired) electrons. The van der Waals surface area contributed by atoms with Crippen molar-refractivity contribution in [1.82, 2.24) is 5.32 Å². The first-order valence-corrected chi connectivity index (χ1v) is 18.4. The molecule has 60 heavy (non-hydrogen) atoms. The Morgan fingerprint density at radius 1 is 0.717 bits per heavy atom. The molecule has 6 N–H and O–H groups in total. The number of nitrogens with one attached hydrogen (secondary N) is 1. The molecule has 312 valence electrons. The van der Waals surface area contributed by atoms with Gasteiger partial charge in [-0.05, 0) is 78.6 Å². The van der Waals surface area contributed by atoms with Gasteiger partial charge in [0.1, 0.15) is 22.5 Å². The van der Waals surface area contributed by atoms with E-state index < -0.39 is 40.2 Å². The van der Waals surface area contributed by atoms with E-state index in [2.05, 4.69) is 5.32 Å². The van der Waals surface area contributed by atoms with Gasteiger partial charge in [0.25, 0.3) is 0 Å². The number of phenols is 5. The average Bonchev–Trinajstić information content (AvgIpc) is 3.20. The molecule has 0 saturated heterocycles. The maximum Gasteiger partial charge on any atom is 0.308 e. The van der Waals surface area contributed by atoms with Crippen molar-refractivity contribution < 1.29 is 68.1 Å². The molecule has 0 atom stereocenters. The lowest BCUT2D eigenvalue weighted by atomic mass is 10.1. The lowest BCUT2D eigenvalue weighted by Gasteiger charge is -2.13. The number of rotatable bonds is 19. The Balaban J connectivity index is 1.04. The second kappa shape index (κ2) is 20.1. The number of benzene rings is 4. The maximum absolute atomic E-state index is 13.4. The molecule has 1 amide bonds. The lowest BCUT2D eigenvalue weighted by Crippen LogP contribution is -2.26. The molecule has 0 aliphatic rings. The molecule has 0 aliphatic carbocycles. The van der Waals surface area contributed by atoms with Crippen molar-refractivity contribution in [2.75, 3.05) is 26.9 Å². The van der Waals surface area contributed by atoms with Crippen LogP contribution >= 0.6 is 0 Å². The number of esters is 1. The predicted octanol–water partition coefficient (Wildman–Crippen LogP) is 5.92. The standard InChI is InChI=1S/C44H41NO15/c1-25(46)59-37-15-9-27(20-38(37)56-2)7-12-30(48)22-29(47)11-6-26-8-14-36(34(52)19-26)57-17-3-5-40(54)45-16-4-18-58-44-42(55)41-35(53)23-31(49)24-39(41)60-43(44)28-10-13-32(50)33(51)21-28/h6-15,19-21,23-24,49-53H,3-5,16-18,22H2,1-2H3,(H,45,54)/b11-6+,12-7+. The molecule has 0 spiro atoms. The Bertz CT molecular complexity index is 2540. The Morgan fingerprint density at radius 3 is 2.07 bits per heavy atom. The maximum atomic E-state index is 13.4. The van der Waals surface area contributed by atoms with Crippen LogP contribution in [-0.2, 0) is 19.2 Å². The SMILES string of the molecule is COc1cc(/C=C/C(=O)CC(=O)/C=C/c2ccc(OCCCC(=O)NCCCOc3c(-c4ccc(O)c(O)c4)oc4cc(O)cc(O)c4c3=O)c(O)c2)ccc1OC(C)=O. The summed E-state index contributed by atoms with van der Waals surface area (Å²) in [5.74, 6) is -3.36. The van der Waals surface area contributed by atoms with Gasteiger partial charge in [0, 0.05) is 37.6 Å². The largest absolute Gasteiger partial charge is 0.508 e. The van der Waals surface area contributed by atoms with Crippen LogP contribution in [0.3, 0.4) is 0 Å². The van der Waals surface area contributed by atoms with E-state index in [0.717, 1.165) is 18.2 Å². The van der Waals surface area contributed by atoms with E-state index in [-0.39, 0.29) is 96.0 Å². The number of carbonyl (C=O) groups is 4. The summed E-state index contributed by atoms with van der Waals surface area (Å²) in [7, 11) is 1.41. The zero-order valence-electron chi connectivity index (χ0n) is 32.4. The summed E-state index contributed by atoms with van der Waals surface area (Å²) < 4.78 is 27.4.